The second-order valence-electron chi connectivity index (χ2n) is 9.71. The van der Waals surface area contributed by atoms with Crippen LogP contribution in [0.3, 0.4) is 0 Å². The molecular weight excluding hydrogens is 562 g/mol. The number of benzene rings is 3. The first kappa shape index (κ1) is 32.0. The predicted molar refractivity (Wildman–Crippen MR) is 163 cm³/mol. The third-order valence-electron chi connectivity index (χ3n) is 6.90. The third-order valence-corrected chi connectivity index (χ3v) is 8.99. The average molecular weight is 600 g/mol. The molecule has 10 heteroatoms. The highest BCUT2D eigenvalue weighted by Gasteiger charge is 2.34. The molecule has 8 nitrogen and oxygen atoms in total. The van der Waals surface area contributed by atoms with Gasteiger partial charge in [-0.15, -0.1) is 0 Å². The van der Waals surface area contributed by atoms with Gasteiger partial charge in [0.1, 0.15) is 18.3 Å². The first-order chi connectivity index (χ1) is 19.6. The number of hydrogen-bond acceptors (Lipinski definition) is 5. The summed E-state index contributed by atoms with van der Waals surface area (Å²) in [4.78, 5) is 28.9. The summed E-state index contributed by atoms with van der Waals surface area (Å²) in [6.07, 6.45) is 1.60. The number of ether oxygens (including phenoxy) is 1. The van der Waals surface area contributed by atoms with Gasteiger partial charge in [0.05, 0.1) is 22.7 Å². The molecule has 220 valence electrons. The molecule has 0 spiro atoms. The van der Waals surface area contributed by atoms with E-state index in [9.17, 15) is 18.0 Å². The van der Waals surface area contributed by atoms with E-state index in [0.717, 1.165) is 16.3 Å². The molecule has 0 aromatic heterocycles. The summed E-state index contributed by atoms with van der Waals surface area (Å²) in [7, 11) is -2.71. The Kier molecular flexibility index (Phi) is 11.6. The summed E-state index contributed by atoms with van der Waals surface area (Å²) in [6, 6.07) is 21.2. The van der Waals surface area contributed by atoms with Crippen molar-refractivity contribution in [3.8, 4) is 5.75 Å². The maximum atomic E-state index is 14.1. The van der Waals surface area contributed by atoms with Crippen LogP contribution in [0.1, 0.15) is 39.2 Å². The van der Waals surface area contributed by atoms with E-state index in [-0.39, 0.29) is 34.1 Å². The second-order valence-corrected chi connectivity index (χ2v) is 12.0. The number of amides is 2. The number of nitrogens with zero attached hydrogens (tertiary/aromatic N) is 2. The van der Waals surface area contributed by atoms with E-state index in [0.29, 0.717) is 18.6 Å². The van der Waals surface area contributed by atoms with Crippen LogP contribution in [0, 0.1) is 0 Å². The number of methoxy groups -OCH3 is 1. The molecule has 41 heavy (non-hydrogen) atoms. The van der Waals surface area contributed by atoms with Crippen molar-refractivity contribution in [2.45, 2.75) is 57.0 Å². The smallest absolute Gasteiger partial charge is 0.264 e. The predicted octanol–water partition coefficient (Wildman–Crippen LogP) is 5.31. The van der Waals surface area contributed by atoms with E-state index in [1.54, 1.807) is 30.3 Å². The van der Waals surface area contributed by atoms with Crippen molar-refractivity contribution >= 4 is 39.1 Å². The summed E-state index contributed by atoms with van der Waals surface area (Å²) in [5.74, 6) is -0.400. The van der Waals surface area contributed by atoms with Crippen molar-refractivity contribution in [1.29, 1.82) is 0 Å². The van der Waals surface area contributed by atoms with Gasteiger partial charge in [-0.3, -0.25) is 13.9 Å². The molecule has 0 unspecified atom stereocenters. The Morgan fingerprint density at radius 1 is 0.951 bits per heavy atom. The van der Waals surface area contributed by atoms with Crippen LogP contribution in [-0.4, -0.2) is 57.4 Å². The maximum absolute atomic E-state index is 14.1. The van der Waals surface area contributed by atoms with E-state index >= 15 is 0 Å². The molecular formula is C31H38ClN3O5S. The van der Waals surface area contributed by atoms with Gasteiger partial charge in [-0.25, -0.2) is 8.42 Å². The molecule has 0 saturated heterocycles. The van der Waals surface area contributed by atoms with Crippen molar-refractivity contribution in [2.24, 2.45) is 0 Å². The zero-order valence-electron chi connectivity index (χ0n) is 23.9. The van der Waals surface area contributed by atoms with Crippen molar-refractivity contribution in [3.63, 3.8) is 0 Å². The Balaban J connectivity index is 2.03. The van der Waals surface area contributed by atoms with E-state index in [1.807, 2.05) is 51.1 Å². The van der Waals surface area contributed by atoms with Crippen molar-refractivity contribution in [2.75, 3.05) is 24.5 Å². The number of anilines is 1. The molecule has 2 atom stereocenters. The van der Waals surface area contributed by atoms with Crippen LogP contribution in [-0.2, 0) is 26.0 Å². The van der Waals surface area contributed by atoms with Gasteiger partial charge in [0.15, 0.2) is 0 Å². The molecule has 2 amide bonds. The monoisotopic (exact) mass is 599 g/mol. The number of carbonyl (C=O) groups is 2. The summed E-state index contributed by atoms with van der Waals surface area (Å²) in [5.41, 5.74) is 1.20. The standard InChI is InChI=1S/C31H38ClN3O5S/c1-5-23(3)33-31(37)28(6-2)34(20-19-24-13-9-7-10-14-24)30(36)22-35(25-17-18-29(40-4)27(32)21-25)41(38,39)26-15-11-8-12-16-26/h7-18,21,23,28H,5-6,19-20,22H2,1-4H3,(H,33,37)/t23-,28-/m1/s1. The lowest BCUT2D eigenvalue weighted by atomic mass is 10.1. The lowest BCUT2D eigenvalue weighted by Gasteiger charge is -2.33. The molecule has 3 aromatic carbocycles. The molecule has 0 radical (unpaired) electrons. The quantitative estimate of drug-likeness (QED) is 0.271. The summed E-state index contributed by atoms with van der Waals surface area (Å²) in [6.45, 7) is 5.42. The molecule has 0 aliphatic heterocycles. The van der Waals surface area contributed by atoms with E-state index in [4.69, 9.17) is 16.3 Å². The molecule has 3 rings (SSSR count). The molecule has 0 bridgehead atoms. The van der Waals surface area contributed by atoms with E-state index < -0.39 is 28.5 Å². The number of carbonyl (C=O) groups excluding carboxylic acids is 2. The number of sulfonamides is 1. The van der Waals surface area contributed by atoms with Crippen LogP contribution >= 0.6 is 11.6 Å². The van der Waals surface area contributed by atoms with E-state index in [1.165, 1.54) is 30.2 Å². The second kappa shape index (κ2) is 14.9. The van der Waals surface area contributed by atoms with Gasteiger partial charge in [0, 0.05) is 12.6 Å². The largest absolute Gasteiger partial charge is 0.495 e. The van der Waals surface area contributed by atoms with E-state index in [2.05, 4.69) is 5.32 Å². The Hall–Kier alpha value is -3.56. The highest BCUT2D eigenvalue weighted by molar-refractivity contribution is 7.92. The fourth-order valence-corrected chi connectivity index (χ4v) is 6.07. The maximum Gasteiger partial charge on any atom is 0.264 e. The van der Waals surface area contributed by atoms with Gasteiger partial charge in [-0.2, -0.15) is 0 Å². The highest BCUT2D eigenvalue weighted by Crippen LogP contribution is 2.32. The van der Waals surface area contributed by atoms with Gasteiger partial charge >= 0.3 is 0 Å². The Morgan fingerprint density at radius 2 is 1.59 bits per heavy atom. The molecule has 3 aromatic rings. The first-order valence-electron chi connectivity index (χ1n) is 13.7. The summed E-state index contributed by atoms with van der Waals surface area (Å²) >= 11 is 6.37. The van der Waals surface area contributed by atoms with Crippen molar-refractivity contribution in [1.82, 2.24) is 10.2 Å². The Bertz CT molecular complexity index is 1400. The van der Waals surface area contributed by atoms with Crippen LogP contribution in [0.5, 0.6) is 5.75 Å². The molecule has 0 fully saturated rings. The third kappa shape index (κ3) is 8.24. The van der Waals surface area contributed by atoms with Crippen molar-refractivity contribution < 1.29 is 22.7 Å². The average Bonchev–Trinajstić information content (AvgIpc) is 2.98. The van der Waals surface area contributed by atoms with Crippen molar-refractivity contribution in [3.05, 3.63) is 89.4 Å². The van der Waals surface area contributed by atoms with Crippen LogP contribution in [0.25, 0.3) is 0 Å². The fourth-order valence-electron chi connectivity index (χ4n) is 4.40. The summed E-state index contributed by atoms with van der Waals surface area (Å²) in [5, 5.41) is 3.18. The summed E-state index contributed by atoms with van der Waals surface area (Å²) < 4.78 is 34.1. The van der Waals surface area contributed by atoms with Gasteiger partial charge in [-0.1, -0.05) is 74.0 Å². The van der Waals surface area contributed by atoms with Gasteiger partial charge in [0.2, 0.25) is 11.8 Å². The highest BCUT2D eigenvalue weighted by atomic mass is 35.5. The SMILES string of the molecule is CC[C@@H](C)NC(=O)[C@@H](CC)N(CCc1ccccc1)C(=O)CN(c1ccc(OC)c(Cl)c1)S(=O)(=O)c1ccccc1. The minimum Gasteiger partial charge on any atom is -0.495 e. The van der Waals surface area contributed by atoms with Gasteiger partial charge in [-0.05, 0) is 62.1 Å². The van der Waals surface area contributed by atoms with Crippen LogP contribution in [0.2, 0.25) is 5.02 Å². The fraction of sp³-hybridized carbons (Fsp3) is 0.355. The van der Waals surface area contributed by atoms with Gasteiger partial charge < -0.3 is 15.0 Å². The Morgan fingerprint density at radius 3 is 2.15 bits per heavy atom. The molecule has 0 heterocycles. The number of rotatable bonds is 14. The lowest BCUT2D eigenvalue weighted by Crippen LogP contribution is -2.54. The Labute approximate surface area is 248 Å². The minimum absolute atomic E-state index is 0.0251. The number of hydrogen-bond donors (Lipinski definition) is 1. The van der Waals surface area contributed by atoms with Gasteiger partial charge in [0.25, 0.3) is 10.0 Å². The first-order valence-corrected chi connectivity index (χ1v) is 15.5. The molecule has 1 N–H and O–H groups in total. The van der Waals surface area contributed by atoms with Crippen LogP contribution < -0.4 is 14.4 Å². The topological polar surface area (TPSA) is 96.0 Å². The molecule has 0 aliphatic rings. The van der Waals surface area contributed by atoms with Crippen LogP contribution in [0.4, 0.5) is 5.69 Å². The minimum atomic E-state index is -4.18. The number of nitrogens with one attached hydrogen (secondary N) is 1. The zero-order chi connectivity index (χ0) is 30.0. The number of halogens is 1. The molecule has 0 aliphatic carbocycles. The normalized spacial score (nSPS) is 12.7. The zero-order valence-corrected chi connectivity index (χ0v) is 25.5. The van der Waals surface area contributed by atoms with Crippen LogP contribution in [0.15, 0.2) is 83.8 Å². The lowest BCUT2D eigenvalue weighted by molar-refractivity contribution is -0.139. The molecule has 0 saturated carbocycles.